The molecule has 1 N–H and O–H groups in total. The quantitative estimate of drug-likeness (QED) is 0.808. The molecule has 1 aliphatic rings. The maximum absolute atomic E-state index is 11.1. The SMILES string of the molecule is CC(C)C1CC(O)(CCS(C)(=O)=O)CCO1. The summed E-state index contributed by atoms with van der Waals surface area (Å²) in [6.45, 7) is 4.61. The van der Waals surface area contributed by atoms with Crippen molar-refractivity contribution in [2.24, 2.45) is 5.92 Å². The first-order valence-corrected chi connectivity index (χ1v) is 7.80. The van der Waals surface area contributed by atoms with Gasteiger partial charge >= 0.3 is 0 Å². The Bertz CT molecular complexity index is 323. The molecule has 1 aliphatic heterocycles. The maximum Gasteiger partial charge on any atom is 0.147 e. The number of rotatable bonds is 4. The van der Waals surface area contributed by atoms with E-state index in [2.05, 4.69) is 0 Å². The van der Waals surface area contributed by atoms with Gasteiger partial charge in [0.15, 0.2) is 0 Å². The van der Waals surface area contributed by atoms with Crippen LogP contribution >= 0.6 is 0 Å². The first-order chi connectivity index (χ1) is 7.22. The van der Waals surface area contributed by atoms with E-state index in [-0.39, 0.29) is 11.9 Å². The topological polar surface area (TPSA) is 63.6 Å². The third-order valence-corrected chi connectivity index (χ3v) is 4.11. The first-order valence-electron chi connectivity index (χ1n) is 5.74. The highest BCUT2D eigenvalue weighted by molar-refractivity contribution is 7.90. The van der Waals surface area contributed by atoms with Gasteiger partial charge in [-0.1, -0.05) is 13.8 Å². The average Bonchev–Trinajstić information content (AvgIpc) is 2.14. The van der Waals surface area contributed by atoms with E-state index in [4.69, 9.17) is 4.74 Å². The van der Waals surface area contributed by atoms with Crippen LogP contribution in [0.15, 0.2) is 0 Å². The van der Waals surface area contributed by atoms with Crippen LogP contribution in [0.3, 0.4) is 0 Å². The van der Waals surface area contributed by atoms with E-state index < -0.39 is 15.4 Å². The lowest BCUT2D eigenvalue weighted by molar-refractivity contribution is -0.117. The van der Waals surface area contributed by atoms with E-state index in [1.807, 2.05) is 13.8 Å². The van der Waals surface area contributed by atoms with Crippen LogP contribution in [0.5, 0.6) is 0 Å². The van der Waals surface area contributed by atoms with Crippen LogP contribution in [0.4, 0.5) is 0 Å². The number of sulfone groups is 1. The van der Waals surface area contributed by atoms with Crippen LogP contribution in [0.2, 0.25) is 0 Å². The van der Waals surface area contributed by atoms with Crippen molar-refractivity contribution >= 4 is 9.84 Å². The third-order valence-electron chi connectivity index (χ3n) is 3.16. The van der Waals surface area contributed by atoms with Crippen molar-refractivity contribution in [3.05, 3.63) is 0 Å². The van der Waals surface area contributed by atoms with Gasteiger partial charge in [-0.15, -0.1) is 0 Å². The zero-order chi connectivity index (χ0) is 12.4. The van der Waals surface area contributed by atoms with Gasteiger partial charge in [0.25, 0.3) is 0 Å². The van der Waals surface area contributed by atoms with E-state index in [0.29, 0.717) is 31.8 Å². The molecule has 96 valence electrons. The van der Waals surface area contributed by atoms with E-state index in [1.165, 1.54) is 6.26 Å². The number of hydrogen-bond acceptors (Lipinski definition) is 4. The number of aliphatic hydroxyl groups is 1. The Morgan fingerprint density at radius 3 is 2.62 bits per heavy atom. The molecule has 0 aromatic heterocycles. The highest BCUT2D eigenvalue weighted by atomic mass is 32.2. The highest BCUT2D eigenvalue weighted by Crippen LogP contribution is 2.31. The predicted molar refractivity (Wildman–Crippen MR) is 63.1 cm³/mol. The molecular weight excluding hydrogens is 228 g/mol. The maximum atomic E-state index is 11.1. The summed E-state index contributed by atoms with van der Waals surface area (Å²) in [5, 5.41) is 10.3. The summed E-state index contributed by atoms with van der Waals surface area (Å²) in [5.41, 5.74) is -0.865. The Morgan fingerprint density at radius 1 is 1.50 bits per heavy atom. The molecule has 1 rings (SSSR count). The summed E-state index contributed by atoms with van der Waals surface area (Å²) in [6.07, 6.45) is 2.64. The molecule has 0 saturated carbocycles. The predicted octanol–water partition coefficient (Wildman–Crippen LogP) is 0.987. The molecule has 1 saturated heterocycles. The molecule has 16 heavy (non-hydrogen) atoms. The molecular formula is C11H22O4S. The Hall–Kier alpha value is -0.130. The van der Waals surface area contributed by atoms with E-state index in [0.717, 1.165) is 0 Å². The van der Waals surface area contributed by atoms with Crippen molar-refractivity contribution in [3.8, 4) is 0 Å². The molecule has 1 fully saturated rings. The summed E-state index contributed by atoms with van der Waals surface area (Å²) in [6, 6.07) is 0. The van der Waals surface area contributed by atoms with Gasteiger partial charge in [0.1, 0.15) is 9.84 Å². The molecule has 0 aliphatic carbocycles. The van der Waals surface area contributed by atoms with Crippen LogP contribution in [0.25, 0.3) is 0 Å². The Balaban J connectivity index is 2.56. The van der Waals surface area contributed by atoms with Crippen molar-refractivity contribution in [1.29, 1.82) is 0 Å². The Kier molecular flexibility index (Phi) is 4.37. The van der Waals surface area contributed by atoms with Crippen molar-refractivity contribution in [2.45, 2.75) is 44.8 Å². The molecule has 5 heteroatoms. The van der Waals surface area contributed by atoms with Crippen LogP contribution in [-0.2, 0) is 14.6 Å². The smallest absolute Gasteiger partial charge is 0.147 e. The number of ether oxygens (including phenoxy) is 1. The minimum Gasteiger partial charge on any atom is -0.390 e. The Morgan fingerprint density at radius 2 is 2.12 bits per heavy atom. The van der Waals surface area contributed by atoms with Gasteiger partial charge in [0.2, 0.25) is 0 Å². The fourth-order valence-electron chi connectivity index (χ4n) is 1.97. The van der Waals surface area contributed by atoms with Gasteiger partial charge < -0.3 is 9.84 Å². The van der Waals surface area contributed by atoms with Crippen LogP contribution in [-0.4, -0.2) is 43.8 Å². The standard InChI is InChI=1S/C11H22O4S/c1-9(2)10-8-11(12,4-6-15-10)5-7-16(3,13)14/h9-10,12H,4-8H2,1-3H3. The summed E-state index contributed by atoms with van der Waals surface area (Å²) in [4.78, 5) is 0. The lowest BCUT2D eigenvalue weighted by Gasteiger charge is -2.38. The molecule has 0 aromatic rings. The second kappa shape index (κ2) is 5.02. The summed E-state index contributed by atoms with van der Waals surface area (Å²) < 4.78 is 27.7. The van der Waals surface area contributed by atoms with E-state index >= 15 is 0 Å². The average molecular weight is 250 g/mol. The molecule has 2 unspecified atom stereocenters. The minimum atomic E-state index is -3.00. The fourth-order valence-corrected chi connectivity index (χ4v) is 2.72. The van der Waals surface area contributed by atoms with Gasteiger partial charge in [-0.3, -0.25) is 0 Å². The third kappa shape index (κ3) is 4.39. The monoisotopic (exact) mass is 250 g/mol. The summed E-state index contributed by atoms with van der Waals surface area (Å²) in [5.74, 6) is 0.402. The lowest BCUT2D eigenvalue weighted by atomic mass is 9.84. The molecule has 0 aromatic carbocycles. The first kappa shape index (κ1) is 13.9. The van der Waals surface area contributed by atoms with E-state index in [1.54, 1.807) is 0 Å². The zero-order valence-corrected chi connectivity index (χ0v) is 11.1. The lowest BCUT2D eigenvalue weighted by Crippen LogP contribution is -2.43. The molecule has 4 nitrogen and oxygen atoms in total. The molecule has 1 heterocycles. The minimum absolute atomic E-state index is 0.0401. The van der Waals surface area contributed by atoms with Crippen LogP contribution in [0.1, 0.15) is 33.1 Å². The van der Waals surface area contributed by atoms with Gasteiger partial charge in [-0.2, -0.15) is 0 Å². The molecule has 2 atom stereocenters. The van der Waals surface area contributed by atoms with Crippen LogP contribution < -0.4 is 0 Å². The Labute approximate surface area is 97.9 Å². The van der Waals surface area contributed by atoms with Crippen molar-refractivity contribution < 1.29 is 18.3 Å². The largest absolute Gasteiger partial charge is 0.390 e. The summed E-state index contributed by atoms with van der Waals surface area (Å²) >= 11 is 0. The zero-order valence-electron chi connectivity index (χ0n) is 10.3. The van der Waals surface area contributed by atoms with Crippen molar-refractivity contribution in [2.75, 3.05) is 18.6 Å². The van der Waals surface area contributed by atoms with Crippen molar-refractivity contribution in [3.63, 3.8) is 0 Å². The van der Waals surface area contributed by atoms with E-state index in [9.17, 15) is 13.5 Å². The van der Waals surface area contributed by atoms with Crippen molar-refractivity contribution in [1.82, 2.24) is 0 Å². The van der Waals surface area contributed by atoms with Gasteiger partial charge in [-0.25, -0.2) is 8.42 Å². The van der Waals surface area contributed by atoms with Gasteiger partial charge in [0, 0.05) is 19.3 Å². The molecule has 0 amide bonds. The molecule has 0 bridgehead atoms. The highest BCUT2D eigenvalue weighted by Gasteiger charge is 2.36. The number of hydrogen-bond donors (Lipinski definition) is 1. The van der Waals surface area contributed by atoms with Gasteiger partial charge in [-0.05, 0) is 18.8 Å². The van der Waals surface area contributed by atoms with Gasteiger partial charge in [0.05, 0.1) is 17.5 Å². The normalized spacial score (nSPS) is 31.9. The second-order valence-corrected chi connectivity index (χ2v) is 7.47. The fraction of sp³-hybridized carbons (Fsp3) is 1.00. The second-order valence-electron chi connectivity index (χ2n) is 5.21. The molecule has 0 spiro atoms. The molecule has 0 radical (unpaired) electrons. The summed E-state index contributed by atoms with van der Waals surface area (Å²) in [7, 11) is -3.00. The van der Waals surface area contributed by atoms with Crippen LogP contribution in [0, 0.1) is 5.92 Å².